The summed E-state index contributed by atoms with van der Waals surface area (Å²) in [7, 11) is 1.74. The Morgan fingerprint density at radius 2 is 1.84 bits per heavy atom. The molecule has 2 aromatic carbocycles. The smallest absolute Gasteiger partial charge is 0.191 e. The fraction of sp³-hybridized carbons (Fsp3) is 0.360. The van der Waals surface area contributed by atoms with Crippen molar-refractivity contribution in [3.8, 4) is 5.75 Å². The number of nitrogens with one attached hydrogen (secondary N) is 2. The van der Waals surface area contributed by atoms with E-state index in [1.165, 1.54) is 16.7 Å². The molecule has 0 bridgehead atoms. The summed E-state index contributed by atoms with van der Waals surface area (Å²) >= 11 is 0. The van der Waals surface area contributed by atoms with Crippen LogP contribution in [0.15, 0.2) is 72.0 Å². The highest BCUT2D eigenvalue weighted by Crippen LogP contribution is 2.50. The topological polar surface area (TPSA) is 63.5 Å². The van der Waals surface area contributed by atoms with Crippen LogP contribution in [-0.2, 0) is 18.5 Å². The van der Waals surface area contributed by atoms with Crippen LogP contribution in [0.1, 0.15) is 36.5 Å². The number of rotatable bonds is 9. The zero-order chi connectivity index (χ0) is 21.5. The number of hydrogen-bond donors (Lipinski definition) is 2. The Morgan fingerprint density at radius 1 is 1.06 bits per heavy atom. The predicted octanol–water partition coefficient (Wildman–Crippen LogP) is 3.73. The molecule has 1 aliphatic carbocycles. The van der Waals surface area contributed by atoms with Gasteiger partial charge >= 0.3 is 0 Å². The quantitative estimate of drug-likeness (QED) is 0.411. The standard InChI is InChI=1S/C25H31N5O/c1-3-26-24(28-19-25(13-14-25)22-11-6-7-12-23(22)31-2)27-17-20-9-4-5-10-21(20)18-30-16-8-15-29-30/h4-12,15-16H,3,13-14,17-19H2,1-2H3,(H2,26,27,28). The molecule has 1 fully saturated rings. The molecule has 1 aromatic heterocycles. The van der Waals surface area contributed by atoms with Crippen molar-refractivity contribution in [2.45, 2.75) is 38.3 Å². The van der Waals surface area contributed by atoms with Crippen molar-refractivity contribution < 1.29 is 4.74 Å². The number of methoxy groups -OCH3 is 1. The maximum atomic E-state index is 5.61. The molecule has 1 aliphatic rings. The maximum absolute atomic E-state index is 5.61. The number of aromatic nitrogens is 2. The summed E-state index contributed by atoms with van der Waals surface area (Å²) in [6, 6.07) is 18.7. The van der Waals surface area contributed by atoms with Gasteiger partial charge in [0, 0.05) is 36.5 Å². The lowest BCUT2D eigenvalue weighted by atomic mass is 9.95. The van der Waals surface area contributed by atoms with Crippen LogP contribution in [-0.4, -0.2) is 35.9 Å². The van der Waals surface area contributed by atoms with Crippen molar-refractivity contribution in [3.63, 3.8) is 0 Å². The van der Waals surface area contributed by atoms with Gasteiger partial charge in [-0.15, -0.1) is 0 Å². The maximum Gasteiger partial charge on any atom is 0.191 e. The Morgan fingerprint density at radius 3 is 2.55 bits per heavy atom. The lowest BCUT2D eigenvalue weighted by Gasteiger charge is -2.21. The van der Waals surface area contributed by atoms with Crippen molar-refractivity contribution >= 4 is 5.96 Å². The first-order valence-corrected chi connectivity index (χ1v) is 10.9. The van der Waals surface area contributed by atoms with Crippen LogP contribution in [0.3, 0.4) is 0 Å². The second-order valence-electron chi connectivity index (χ2n) is 8.00. The number of aliphatic imine (C=N–C) groups is 1. The number of nitrogens with zero attached hydrogens (tertiary/aromatic N) is 3. The van der Waals surface area contributed by atoms with Crippen molar-refractivity contribution in [3.05, 3.63) is 83.7 Å². The molecular formula is C25H31N5O. The van der Waals surface area contributed by atoms with E-state index in [-0.39, 0.29) is 5.41 Å². The van der Waals surface area contributed by atoms with E-state index in [1.54, 1.807) is 7.11 Å². The van der Waals surface area contributed by atoms with E-state index in [0.29, 0.717) is 6.54 Å². The van der Waals surface area contributed by atoms with E-state index >= 15 is 0 Å². The van der Waals surface area contributed by atoms with Gasteiger partial charge in [-0.2, -0.15) is 5.10 Å². The molecule has 6 nitrogen and oxygen atoms in total. The third-order valence-electron chi connectivity index (χ3n) is 5.89. The summed E-state index contributed by atoms with van der Waals surface area (Å²) in [4.78, 5) is 4.87. The molecule has 0 amide bonds. The fourth-order valence-corrected chi connectivity index (χ4v) is 3.97. The minimum absolute atomic E-state index is 0.126. The molecule has 4 rings (SSSR count). The highest BCUT2D eigenvalue weighted by atomic mass is 16.5. The molecule has 0 saturated heterocycles. The van der Waals surface area contributed by atoms with Gasteiger partial charge in [0.25, 0.3) is 0 Å². The minimum Gasteiger partial charge on any atom is -0.496 e. The van der Waals surface area contributed by atoms with Gasteiger partial charge in [-0.3, -0.25) is 4.68 Å². The number of guanidine groups is 1. The molecule has 0 spiro atoms. The predicted molar refractivity (Wildman–Crippen MR) is 124 cm³/mol. The van der Waals surface area contributed by atoms with Crippen LogP contribution in [0.25, 0.3) is 0 Å². The molecule has 0 aliphatic heterocycles. The lowest BCUT2D eigenvalue weighted by molar-refractivity contribution is 0.403. The monoisotopic (exact) mass is 417 g/mol. The van der Waals surface area contributed by atoms with E-state index in [9.17, 15) is 0 Å². The molecule has 0 atom stereocenters. The van der Waals surface area contributed by atoms with Gasteiger partial charge in [0.1, 0.15) is 5.75 Å². The van der Waals surface area contributed by atoms with Crippen LogP contribution in [0.4, 0.5) is 0 Å². The van der Waals surface area contributed by atoms with Crippen LogP contribution >= 0.6 is 0 Å². The molecule has 1 heterocycles. The number of hydrogen-bond acceptors (Lipinski definition) is 3. The Bertz CT molecular complexity index is 1010. The molecule has 31 heavy (non-hydrogen) atoms. The summed E-state index contributed by atoms with van der Waals surface area (Å²) in [5.74, 6) is 1.81. The van der Waals surface area contributed by atoms with E-state index in [2.05, 4.69) is 59.1 Å². The summed E-state index contributed by atoms with van der Waals surface area (Å²) in [5.41, 5.74) is 3.85. The van der Waals surface area contributed by atoms with E-state index in [4.69, 9.17) is 9.73 Å². The summed E-state index contributed by atoms with van der Waals surface area (Å²) in [6.07, 6.45) is 6.11. The first-order valence-electron chi connectivity index (χ1n) is 10.9. The Kier molecular flexibility index (Phi) is 6.55. The van der Waals surface area contributed by atoms with Gasteiger partial charge in [-0.1, -0.05) is 42.5 Å². The third kappa shape index (κ3) is 5.08. The highest BCUT2D eigenvalue weighted by molar-refractivity contribution is 5.80. The van der Waals surface area contributed by atoms with Crippen LogP contribution in [0, 0.1) is 0 Å². The van der Waals surface area contributed by atoms with Crippen LogP contribution in [0.2, 0.25) is 0 Å². The van der Waals surface area contributed by atoms with Gasteiger partial charge < -0.3 is 15.4 Å². The summed E-state index contributed by atoms with van der Waals surface area (Å²) in [6.45, 7) is 5.13. The number of ether oxygens (including phenoxy) is 1. The van der Waals surface area contributed by atoms with Gasteiger partial charge in [0.2, 0.25) is 0 Å². The zero-order valence-corrected chi connectivity index (χ0v) is 18.3. The largest absolute Gasteiger partial charge is 0.496 e. The van der Waals surface area contributed by atoms with Crippen LogP contribution < -0.4 is 15.4 Å². The van der Waals surface area contributed by atoms with E-state index < -0.39 is 0 Å². The van der Waals surface area contributed by atoms with E-state index in [1.807, 2.05) is 35.3 Å². The van der Waals surface area contributed by atoms with Crippen molar-refractivity contribution in [2.75, 3.05) is 20.2 Å². The van der Waals surface area contributed by atoms with Gasteiger partial charge in [0.15, 0.2) is 5.96 Å². The first-order chi connectivity index (χ1) is 15.2. The SMILES string of the molecule is CCNC(=NCc1ccccc1Cn1cccn1)NCC1(c2ccccc2OC)CC1. The summed E-state index contributed by atoms with van der Waals surface area (Å²) < 4.78 is 7.55. The highest BCUT2D eigenvalue weighted by Gasteiger charge is 2.46. The Labute approximate surface area is 184 Å². The third-order valence-corrected chi connectivity index (χ3v) is 5.89. The number of para-hydroxylation sites is 1. The van der Waals surface area contributed by atoms with Gasteiger partial charge in [0.05, 0.1) is 20.2 Å². The molecular weight excluding hydrogens is 386 g/mol. The molecule has 6 heteroatoms. The normalized spacial score (nSPS) is 14.8. The molecule has 0 radical (unpaired) electrons. The molecule has 1 saturated carbocycles. The Balaban J connectivity index is 1.45. The Hall–Kier alpha value is -3.28. The summed E-state index contributed by atoms with van der Waals surface area (Å²) in [5, 5.41) is 11.3. The average molecular weight is 418 g/mol. The second kappa shape index (κ2) is 9.69. The van der Waals surface area contributed by atoms with Gasteiger partial charge in [-0.05, 0) is 43.0 Å². The van der Waals surface area contributed by atoms with Crippen molar-refractivity contribution in [1.82, 2.24) is 20.4 Å². The fourth-order valence-electron chi connectivity index (χ4n) is 3.97. The van der Waals surface area contributed by atoms with Crippen molar-refractivity contribution in [2.24, 2.45) is 4.99 Å². The van der Waals surface area contributed by atoms with Crippen molar-refractivity contribution in [1.29, 1.82) is 0 Å². The minimum atomic E-state index is 0.126. The first kappa shape index (κ1) is 21.0. The average Bonchev–Trinajstić information content (AvgIpc) is 3.43. The second-order valence-corrected chi connectivity index (χ2v) is 8.00. The van der Waals surface area contributed by atoms with E-state index in [0.717, 1.165) is 44.2 Å². The molecule has 3 aromatic rings. The zero-order valence-electron chi connectivity index (χ0n) is 18.3. The van der Waals surface area contributed by atoms with Gasteiger partial charge in [-0.25, -0.2) is 4.99 Å². The molecule has 2 N–H and O–H groups in total. The molecule has 0 unspecified atom stereocenters. The lowest BCUT2D eigenvalue weighted by Crippen LogP contribution is -2.41. The van der Waals surface area contributed by atoms with Crippen LogP contribution in [0.5, 0.6) is 5.75 Å². The number of benzene rings is 2. The molecule has 162 valence electrons.